The summed E-state index contributed by atoms with van der Waals surface area (Å²) in [5, 5.41) is 6.36. The van der Waals surface area contributed by atoms with Gasteiger partial charge in [0.1, 0.15) is 12.2 Å². The number of aryl methyl sites for hydroxylation is 1. The Bertz CT molecular complexity index is 809. The van der Waals surface area contributed by atoms with Crippen LogP contribution in [0, 0.1) is 6.92 Å². The molecule has 0 saturated heterocycles. The number of hydrogen-bond donors (Lipinski definition) is 1. The second kappa shape index (κ2) is 8.65. The zero-order chi connectivity index (χ0) is 20.0. The van der Waals surface area contributed by atoms with E-state index in [0.29, 0.717) is 12.2 Å². The number of carbonyl (C=O) groups is 1. The quantitative estimate of drug-likeness (QED) is 0.867. The fourth-order valence-corrected chi connectivity index (χ4v) is 2.24. The van der Waals surface area contributed by atoms with Crippen molar-refractivity contribution in [3.63, 3.8) is 0 Å². The highest BCUT2D eigenvalue weighted by Crippen LogP contribution is 2.26. The average molecular weight is 383 g/mol. The lowest BCUT2D eigenvalue weighted by Gasteiger charge is -2.13. The Hall–Kier alpha value is -2.91. The summed E-state index contributed by atoms with van der Waals surface area (Å²) >= 11 is 0. The first-order valence-corrected chi connectivity index (χ1v) is 8.39. The normalized spacial score (nSPS) is 15.7. The van der Waals surface area contributed by atoms with Crippen LogP contribution in [0.4, 0.5) is 19.0 Å². The van der Waals surface area contributed by atoms with E-state index in [1.54, 1.807) is 25.3 Å². The van der Waals surface area contributed by atoms with Crippen LogP contribution in [-0.2, 0) is 9.53 Å². The van der Waals surface area contributed by atoms with E-state index in [4.69, 9.17) is 4.74 Å². The number of nitrogens with zero attached hydrogens (tertiary/aromatic N) is 4. The van der Waals surface area contributed by atoms with Gasteiger partial charge in [0.05, 0.1) is 12.0 Å². The lowest BCUT2D eigenvalue weighted by molar-refractivity contribution is -0.150. The second-order valence-corrected chi connectivity index (χ2v) is 5.44. The number of ether oxygens (including phenoxy) is 1. The Morgan fingerprint density at radius 2 is 2.11 bits per heavy atom. The summed E-state index contributed by atoms with van der Waals surface area (Å²) in [5.41, 5.74) is 0.738. The summed E-state index contributed by atoms with van der Waals surface area (Å²) in [4.78, 5) is 20.0. The van der Waals surface area contributed by atoms with Gasteiger partial charge in [0.25, 0.3) is 0 Å². The van der Waals surface area contributed by atoms with Crippen molar-refractivity contribution in [2.75, 3.05) is 5.32 Å². The third kappa shape index (κ3) is 5.80. The maximum absolute atomic E-state index is 12.3. The number of aromatic nitrogens is 4. The number of carbonyl (C=O) groups excluding carboxylic acids is 1. The zero-order valence-corrected chi connectivity index (χ0v) is 15.1. The minimum atomic E-state index is -4.60. The summed E-state index contributed by atoms with van der Waals surface area (Å²) in [5.74, 6) is -0.683. The largest absolute Gasteiger partial charge is 0.490 e. The summed E-state index contributed by atoms with van der Waals surface area (Å²) < 4.78 is 43.8. The topological polar surface area (TPSA) is 81.9 Å². The van der Waals surface area contributed by atoms with Crippen LogP contribution >= 0.6 is 0 Å². The molecule has 2 aromatic heterocycles. The minimum absolute atomic E-state index is 0.0436. The first-order chi connectivity index (χ1) is 12.8. The molecule has 0 bridgehead atoms. The van der Waals surface area contributed by atoms with E-state index in [9.17, 15) is 18.0 Å². The van der Waals surface area contributed by atoms with Crippen LogP contribution in [0.25, 0.3) is 5.82 Å². The van der Waals surface area contributed by atoms with E-state index in [1.165, 1.54) is 17.0 Å². The summed E-state index contributed by atoms with van der Waals surface area (Å²) in [6.07, 6.45) is -1.20. The van der Waals surface area contributed by atoms with Gasteiger partial charge >= 0.3 is 6.18 Å². The van der Waals surface area contributed by atoms with E-state index in [2.05, 4.69) is 20.4 Å². The Balaban J connectivity index is 0.00000126. The molecule has 1 N–H and O–H groups in total. The van der Waals surface area contributed by atoms with Crippen molar-refractivity contribution < 1.29 is 22.7 Å². The molecule has 1 aliphatic rings. The van der Waals surface area contributed by atoms with Gasteiger partial charge < -0.3 is 10.1 Å². The predicted molar refractivity (Wildman–Crippen MR) is 92.1 cm³/mol. The van der Waals surface area contributed by atoms with Gasteiger partial charge in [-0.2, -0.15) is 18.3 Å². The molecule has 7 nitrogen and oxygen atoms in total. The molecule has 0 spiro atoms. The third-order valence-electron chi connectivity index (χ3n) is 3.29. The van der Waals surface area contributed by atoms with Crippen molar-refractivity contribution in [1.29, 1.82) is 0 Å². The van der Waals surface area contributed by atoms with Crippen LogP contribution < -0.4 is 5.32 Å². The maximum atomic E-state index is 12.3. The van der Waals surface area contributed by atoms with Gasteiger partial charge in [0, 0.05) is 18.7 Å². The zero-order valence-electron chi connectivity index (χ0n) is 15.1. The molecule has 146 valence electrons. The average Bonchev–Trinajstić information content (AvgIpc) is 3.26. The molecule has 1 unspecified atom stereocenters. The van der Waals surface area contributed by atoms with E-state index in [-0.39, 0.29) is 11.6 Å². The first-order valence-electron chi connectivity index (χ1n) is 8.39. The molecule has 2 aromatic rings. The van der Waals surface area contributed by atoms with Crippen LogP contribution in [0.5, 0.6) is 0 Å². The molecule has 3 rings (SSSR count). The summed E-state index contributed by atoms with van der Waals surface area (Å²) in [6, 6.07) is 3.10. The molecular formula is C17H20F3N5O2. The fraction of sp³-hybridized carbons (Fsp3) is 0.412. The van der Waals surface area contributed by atoms with Gasteiger partial charge in [-0.05, 0) is 19.1 Å². The summed E-state index contributed by atoms with van der Waals surface area (Å²) in [7, 11) is 0. The van der Waals surface area contributed by atoms with Gasteiger partial charge in [-0.15, -0.1) is 0 Å². The van der Waals surface area contributed by atoms with Crippen molar-refractivity contribution in [2.45, 2.75) is 45.9 Å². The molecule has 0 saturated carbocycles. The minimum Gasteiger partial charge on any atom is -0.490 e. The van der Waals surface area contributed by atoms with E-state index in [0.717, 1.165) is 5.69 Å². The highest BCUT2D eigenvalue weighted by Gasteiger charge is 2.31. The fourth-order valence-electron chi connectivity index (χ4n) is 2.24. The van der Waals surface area contributed by atoms with Crippen LogP contribution in [0.3, 0.4) is 0 Å². The Kier molecular flexibility index (Phi) is 6.54. The van der Waals surface area contributed by atoms with Crippen LogP contribution in [0.2, 0.25) is 0 Å². The van der Waals surface area contributed by atoms with Crippen molar-refractivity contribution in [1.82, 2.24) is 19.7 Å². The highest BCUT2D eigenvalue weighted by atomic mass is 19.4. The number of hydrogen-bond acceptors (Lipinski definition) is 5. The molecule has 0 aromatic carbocycles. The van der Waals surface area contributed by atoms with Crippen molar-refractivity contribution in [3.05, 3.63) is 42.2 Å². The monoisotopic (exact) mass is 383 g/mol. The van der Waals surface area contributed by atoms with Gasteiger partial charge in [0.2, 0.25) is 5.91 Å². The molecule has 27 heavy (non-hydrogen) atoms. The number of nitrogens with one attached hydrogen (secondary N) is 1. The lowest BCUT2D eigenvalue weighted by atomic mass is 10.2. The number of halogens is 3. The molecule has 1 atom stereocenters. The Labute approximate surface area is 154 Å². The number of amides is 1. The van der Waals surface area contributed by atoms with Crippen LogP contribution in [0.15, 0.2) is 30.7 Å². The summed E-state index contributed by atoms with van der Waals surface area (Å²) in [6.45, 7) is 5.79. The highest BCUT2D eigenvalue weighted by molar-refractivity contribution is 5.90. The van der Waals surface area contributed by atoms with E-state index in [1.807, 2.05) is 13.8 Å². The van der Waals surface area contributed by atoms with E-state index >= 15 is 0 Å². The molecule has 0 fully saturated rings. The molecule has 10 heteroatoms. The second-order valence-electron chi connectivity index (χ2n) is 5.44. The van der Waals surface area contributed by atoms with Crippen molar-refractivity contribution in [2.24, 2.45) is 0 Å². The van der Waals surface area contributed by atoms with Crippen LogP contribution in [0.1, 0.15) is 44.3 Å². The molecule has 3 heterocycles. The number of rotatable bonds is 4. The smallest absolute Gasteiger partial charge is 0.397 e. The van der Waals surface area contributed by atoms with Gasteiger partial charge in [-0.25, -0.2) is 14.6 Å². The lowest BCUT2D eigenvalue weighted by Crippen LogP contribution is -2.22. The molecule has 0 aliphatic carbocycles. The Morgan fingerprint density at radius 3 is 2.67 bits per heavy atom. The molecular weight excluding hydrogens is 363 g/mol. The number of alkyl halides is 3. The maximum Gasteiger partial charge on any atom is 0.397 e. The number of anilines is 1. The molecule has 1 aliphatic heterocycles. The van der Waals surface area contributed by atoms with Gasteiger partial charge in [-0.1, -0.05) is 13.8 Å². The molecule has 0 radical (unpaired) electrons. The SMILES string of the molecule is CC.Cc1ccn(-c2cc(NC(=O)CC(F)(F)F)nc(C3CC=CO3)n2)n1. The van der Waals surface area contributed by atoms with Crippen LogP contribution in [-0.4, -0.2) is 31.8 Å². The standard InChI is InChI=1S/C15H14F3N5O2.C2H6/c1-9-4-5-23(22-9)12-7-11(19-13(24)8-15(16,17)18)20-14(21-12)10-3-2-6-25-10;1-2/h2,4-7,10H,3,8H2,1H3,(H,19,20,21,24);1-2H3. The molecule has 1 amide bonds. The van der Waals surface area contributed by atoms with E-state index < -0.39 is 24.6 Å². The van der Waals surface area contributed by atoms with Gasteiger partial charge in [-0.3, -0.25) is 4.79 Å². The van der Waals surface area contributed by atoms with Crippen molar-refractivity contribution >= 4 is 11.7 Å². The first kappa shape index (κ1) is 20.4. The third-order valence-corrected chi connectivity index (χ3v) is 3.29. The predicted octanol–water partition coefficient (Wildman–Crippen LogP) is 3.86. The Morgan fingerprint density at radius 1 is 1.37 bits per heavy atom. The van der Waals surface area contributed by atoms with Gasteiger partial charge in [0.15, 0.2) is 17.7 Å². The van der Waals surface area contributed by atoms with Crippen molar-refractivity contribution in [3.8, 4) is 5.82 Å².